The van der Waals surface area contributed by atoms with E-state index >= 15 is 0 Å². The Balaban J connectivity index is 3.03. The summed E-state index contributed by atoms with van der Waals surface area (Å²) in [5.74, 6) is 0. The Morgan fingerprint density at radius 3 is 1.25 bits per heavy atom. The van der Waals surface area contributed by atoms with Crippen molar-refractivity contribution in [2.45, 2.75) is 0 Å². The molecule has 0 aliphatic heterocycles. The van der Waals surface area contributed by atoms with Gasteiger partial charge in [-0.05, 0) is 0 Å². The first-order valence-electron chi connectivity index (χ1n) is 2.82. The monoisotopic (exact) mass is 138 g/mol. The summed E-state index contributed by atoms with van der Waals surface area (Å²) in [6.45, 7) is 4.62. The van der Waals surface area contributed by atoms with Gasteiger partial charge in [-0.1, -0.05) is 35.8 Å². The van der Waals surface area contributed by atoms with Gasteiger partial charge in [0.25, 0.3) is 0 Å². The summed E-state index contributed by atoms with van der Waals surface area (Å²) in [6, 6.07) is 0. The van der Waals surface area contributed by atoms with Crippen molar-refractivity contribution < 1.29 is 0 Å². The maximum absolute atomic E-state index is 2.39. The lowest BCUT2D eigenvalue weighted by molar-refractivity contribution is 1.87. The van der Waals surface area contributed by atoms with Gasteiger partial charge in [-0.2, -0.15) is 0 Å². The summed E-state index contributed by atoms with van der Waals surface area (Å²) in [5, 5.41) is 0. The molecule has 0 saturated carbocycles. The van der Waals surface area contributed by atoms with Crippen LogP contribution in [0.2, 0.25) is 0 Å². The van der Waals surface area contributed by atoms with Crippen LogP contribution in [-0.4, -0.2) is 16.8 Å². The summed E-state index contributed by atoms with van der Waals surface area (Å²) in [4.78, 5) is 0. The van der Waals surface area contributed by atoms with E-state index in [4.69, 9.17) is 0 Å². The molecule has 0 aromatic carbocycles. The van der Waals surface area contributed by atoms with Crippen molar-refractivity contribution in [2.24, 2.45) is 13.1 Å². The van der Waals surface area contributed by atoms with E-state index in [1.807, 2.05) is 0 Å². The minimum atomic E-state index is -0.161. The number of rotatable bonds is 0. The lowest BCUT2D eigenvalue weighted by atomic mass is 11.1. The standard InChI is InChI=1S/C6H10Si2/c1-7-3-5-8(2)6-4-7/h3-6H,1-2H3. The van der Waals surface area contributed by atoms with E-state index in [9.17, 15) is 0 Å². The molecule has 2 heteroatoms. The van der Waals surface area contributed by atoms with Gasteiger partial charge in [0.2, 0.25) is 0 Å². The Kier molecular flexibility index (Phi) is 1.86. The zero-order valence-electron chi connectivity index (χ0n) is 5.31. The van der Waals surface area contributed by atoms with Crippen LogP contribution in [0.5, 0.6) is 0 Å². The summed E-state index contributed by atoms with van der Waals surface area (Å²) >= 11 is 0. The fourth-order valence-corrected chi connectivity index (χ4v) is 5.07. The minimum absolute atomic E-state index is 0.161. The maximum Gasteiger partial charge on any atom is 0.0328 e. The molecule has 0 bridgehead atoms. The molecule has 0 nitrogen and oxygen atoms in total. The van der Waals surface area contributed by atoms with Gasteiger partial charge >= 0.3 is 0 Å². The van der Waals surface area contributed by atoms with Crippen LogP contribution in [-0.2, 0) is 13.1 Å². The number of hydrogen-bond donors (Lipinski definition) is 0. The first-order chi connectivity index (χ1) is 3.79. The molecular weight excluding hydrogens is 128 g/mol. The summed E-state index contributed by atoms with van der Waals surface area (Å²) in [5.41, 5.74) is 9.55. The molecule has 0 saturated heterocycles. The minimum Gasteiger partial charge on any atom is -0.0824 e. The molecule has 0 N–H and O–H groups in total. The predicted molar refractivity (Wildman–Crippen MR) is 40.3 cm³/mol. The molecule has 1 aromatic rings. The SMILES string of the molecule is C[si]1cc[si](C)cc1. The summed E-state index contributed by atoms with van der Waals surface area (Å²) in [7, 11) is -0.323. The van der Waals surface area contributed by atoms with Crippen molar-refractivity contribution in [1.82, 2.24) is 0 Å². The zero-order chi connectivity index (χ0) is 5.98. The van der Waals surface area contributed by atoms with Crippen molar-refractivity contribution in [3.8, 4) is 0 Å². The van der Waals surface area contributed by atoms with Crippen LogP contribution >= 0.6 is 0 Å². The molecular formula is C6H10Si2. The fourth-order valence-electron chi connectivity index (χ4n) is 0.637. The molecule has 1 heterocycles. The van der Waals surface area contributed by atoms with E-state index in [0.29, 0.717) is 0 Å². The van der Waals surface area contributed by atoms with Crippen molar-refractivity contribution in [3.63, 3.8) is 0 Å². The second-order valence-corrected chi connectivity index (χ2v) is 6.46. The van der Waals surface area contributed by atoms with E-state index in [0.717, 1.165) is 0 Å². The Morgan fingerprint density at radius 2 is 1.00 bits per heavy atom. The van der Waals surface area contributed by atoms with E-state index in [1.54, 1.807) is 0 Å². The Labute approximate surface area is 53.2 Å². The zero-order valence-corrected chi connectivity index (χ0v) is 7.31. The molecule has 0 atom stereocenters. The largest absolute Gasteiger partial charge is 0.0824 e. The quantitative estimate of drug-likeness (QED) is 0.466. The summed E-state index contributed by atoms with van der Waals surface area (Å²) < 4.78 is 0. The lowest BCUT2D eigenvalue weighted by Crippen LogP contribution is -1.96. The average molecular weight is 138 g/mol. The van der Waals surface area contributed by atoms with Crippen LogP contribution in [0.3, 0.4) is 0 Å². The maximum atomic E-state index is 2.39. The average Bonchev–Trinajstić information content (AvgIpc) is 1.77. The highest BCUT2D eigenvalue weighted by Crippen LogP contribution is 1.79. The molecule has 1 aromatic heterocycles. The molecule has 0 radical (unpaired) electrons. The third-order valence-electron chi connectivity index (χ3n) is 1.22. The van der Waals surface area contributed by atoms with Gasteiger partial charge in [-0.25, -0.2) is 0 Å². The molecule has 0 aliphatic carbocycles. The molecule has 1 rings (SSSR count). The fraction of sp³-hybridized carbons (Fsp3) is 0.333. The normalized spacial score (nSPS) is 9.25. The highest BCUT2D eigenvalue weighted by atomic mass is 28.2. The van der Waals surface area contributed by atoms with Gasteiger partial charge in [-0.3, -0.25) is 0 Å². The first-order valence-corrected chi connectivity index (χ1v) is 7.13. The van der Waals surface area contributed by atoms with E-state index < -0.39 is 0 Å². The number of hydrogen-bond acceptors (Lipinski definition) is 0. The third-order valence-corrected chi connectivity index (χ3v) is 4.65. The predicted octanol–water partition coefficient (Wildman–Crippen LogP) is 0.812. The summed E-state index contributed by atoms with van der Waals surface area (Å²) in [6.07, 6.45) is 0. The van der Waals surface area contributed by atoms with Crippen LogP contribution in [0, 0.1) is 0 Å². The molecule has 0 amide bonds. The van der Waals surface area contributed by atoms with Crippen LogP contribution in [0.25, 0.3) is 0 Å². The van der Waals surface area contributed by atoms with Crippen LogP contribution in [0.15, 0.2) is 22.7 Å². The number of aryl methyl sites for hydroxylation is 2. The first kappa shape index (κ1) is 6.04. The van der Waals surface area contributed by atoms with E-state index in [-0.39, 0.29) is 16.8 Å². The molecule has 0 aliphatic rings. The molecule has 8 heavy (non-hydrogen) atoms. The highest BCUT2D eigenvalue weighted by molar-refractivity contribution is 6.56. The Bertz CT molecular complexity index is 145. The second-order valence-electron chi connectivity index (χ2n) is 2.15. The van der Waals surface area contributed by atoms with Gasteiger partial charge in [0, 0.05) is 16.8 Å². The van der Waals surface area contributed by atoms with Crippen molar-refractivity contribution >= 4 is 16.8 Å². The molecule has 0 spiro atoms. The van der Waals surface area contributed by atoms with Crippen molar-refractivity contribution in [3.05, 3.63) is 22.7 Å². The second kappa shape index (κ2) is 2.46. The topological polar surface area (TPSA) is 0 Å². The lowest BCUT2D eigenvalue weighted by Gasteiger charge is -1.88. The Morgan fingerprint density at radius 1 is 0.750 bits per heavy atom. The molecule has 42 valence electrons. The van der Waals surface area contributed by atoms with Gasteiger partial charge in [0.05, 0.1) is 0 Å². The molecule has 0 fully saturated rings. The molecule has 0 unspecified atom stereocenters. The van der Waals surface area contributed by atoms with Crippen molar-refractivity contribution in [1.29, 1.82) is 0 Å². The van der Waals surface area contributed by atoms with E-state index in [2.05, 4.69) is 35.8 Å². The Hall–Kier alpha value is -0.0862. The van der Waals surface area contributed by atoms with Crippen LogP contribution in [0.1, 0.15) is 0 Å². The van der Waals surface area contributed by atoms with Gasteiger partial charge in [0.1, 0.15) is 0 Å². The van der Waals surface area contributed by atoms with E-state index in [1.165, 1.54) is 0 Å². The van der Waals surface area contributed by atoms with Gasteiger partial charge in [0.15, 0.2) is 0 Å². The smallest absolute Gasteiger partial charge is 0.0328 e. The van der Waals surface area contributed by atoms with Crippen molar-refractivity contribution in [2.75, 3.05) is 0 Å². The van der Waals surface area contributed by atoms with Gasteiger partial charge in [-0.15, -0.1) is 0 Å². The highest BCUT2D eigenvalue weighted by Gasteiger charge is 1.81. The third kappa shape index (κ3) is 1.45. The van der Waals surface area contributed by atoms with Crippen LogP contribution < -0.4 is 0 Å². The van der Waals surface area contributed by atoms with Gasteiger partial charge < -0.3 is 0 Å². The van der Waals surface area contributed by atoms with Crippen LogP contribution in [0.4, 0.5) is 0 Å².